The highest BCUT2D eigenvalue weighted by molar-refractivity contribution is 5.43. The van der Waals surface area contributed by atoms with Gasteiger partial charge in [-0.2, -0.15) is 0 Å². The summed E-state index contributed by atoms with van der Waals surface area (Å²) in [4.78, 5) is 0. The molecule has 0 radical (unpaired) electrons. The maximum absolute atomic E-state index is 5.76. The Morgan fingerprint density at radius 3 is 2.62 bits per heavy atom. The average molecular weight is 293 g/mol. The number of benzene rings is 1. The molecule has 1 saturated carbocycles. The van der Waals surface area contributed by atoms with Crippen molar-refractivity contribution in [3.8, 4) is 11.5 Å². The first-order chi connectivity index (χ1) is 10.3. The van der Waals surface area contributed by atoms with Crippen molar-refractivity contribution >= 4 is 0 Å². The maximum Gasteiger partial charge on any atom is 0.161 e. The molecular formula is C17H27NO3. The van der Waals surface area contributed by atoms with Crippen LogP contribution in [-0.2, 0) is 11.3 Å². The predicted molar refractivity (Wildman–Crippen MR) is 84.1 cm³/mol. The summed E-state index contributed by atoms with van der Waals surface area (Å²) >= 11 is 0. The van der Waals surface area contributed by atoms with Crippen molar-refractivity contribution in [2.24, 2.45) is 0 Å². The van der Waals surface area contributed by atoms with Gasteiger partial charge in [0.05, 0.1) is 13.2 Å². The fraction of sp³-hybridized carbons (Fsp3) is 0.647. The van der Waals surface area contributed by atoms with E-state index in [9.17, 15) is 0 Å². The zero-order chi connectivity index (χ0) is 14.9. The molecule has 4 heteroatoms. The molecule has 0 aromatic heterocycles. The Kier molecular flexibility index (Phi) is 6.83. The molecule has 0 unspecified atom stereocenters. The zero-order valence-corrected chi connectivity index (χ0v) is 13.2. The third-order valence-corrected chi connectivity index (χ3v) is 3.31. The first kappa shape index (κ1) is 16.1. The Hall–Kier alpha value is -1.26. The second-order valence-corrected chi connectivity index (χ2v) is 5.33. The lowest BCUT2D eigenvalue weighted by Gasteiger charge is -2.14. The Bertz CT molecular complexity index is 418. The van der Waals surface area contributed by atoms with Gasteiger partial charge >= 0.3 is 0 Å². The number of hydrogen-bond donors (Lipinski definition) is 1. The molecule has 1 aliphatic carbocycles. The standard InChI is InChI=1S/C17H27NO3/c1-3-9-19-10-11-21-16-8-5-14(12-17(16)20-4-2)13-18-15-6-7-15/h5,8,12,15,18H,3-4,6-7,9-11,13H2,1-2H3. The molecule has 0 spiro atoms. The molecule has 0 heterocycles. The highest BCUT2D eigenvalue weighted by Gasteiger charge is 2.20. The highest BCUT2D eigenvalue weighted by atomic mass is 16.5. The van der Waals surface area contributed by atoms with Gasteiger partial charge in [0.25, 0.3) is 0 Å². The summed E-state index contributed by atoms with van der Waals surface area (Å²) in [6.07, 6.45) is 3.64. The maximum atomic E-state index is 5.76. The van der Waals surface area contributed by atoms with Gasteiger partial charge < -0.3 is 19.5 Å². The molecule has 0 atom stereocenters. The summed E-state index contributed by atoms with van der Waals surface area (Å²) in [5, 5.41) is 3.51. The summed E-state index contributed by atoms with van der Waals surface area (Å²) < 4.78 is 16.9. The van der Waals surface area contributed by atoms with Crippen molar-refractivity contribution in [2.75, 3.05) is 26.4 Å². The van der Waals surface area contributed by atoms with E-state index in [1.54, 1.807) is 0 Å². The summed E-state index contributed by atoms with van der Waals surface area (Å²) in [6.45, 7) is 7.58. The Labute approximate surface area is 127 Å². The minimum Gasteiger partial charge on any atom is -0.490 e. The van der Waals surface area contributed by atoms with Gasteiger partial charge in [0, 0.05) is 19.2 Å². The minimum atomic E-state index is 0.555. The Balaban J connectivity index is 1.85. The van der Waals surface area contributed by atoms with E-state index in [0.717, 1.165) is 31.1 Å². The van der Waals surface area contributed by atoms with Crippen LogP contribution in [0.25, 0.3) is 0 Å². The number of hydrogen-bond acceptors (Lipinski definition) is 4. The van der Waals surface area contributed by atoms with Crippen LogP contribution in [0.1, 0.15) is 38.7 Å². The molecule has 0 saturated heterocycles. The SMILES string of the molecule is CCCOCCOc1ccc(CNC2CC2)cc1OCC. The van der Waals surface area contributed by atoms with Gasteiger partial charge in [0.15, 0.2) is 11.5 Å². The fourth-order valence-electron chi connectivity index (χ4n) is 2.06. The van der Waals surface area contributed by atoms with Crippen molar-refractivity contribution in [3.63, 3.8) is 0 Å². The zero-order valence-electron chi connectivity index (χ0n) is 13.2. The van der Waals surface area contributed by atoms with Crippen LogP contribution in [0.3, 0.4) is 0 Å². The van der Waals surface area contributed by atoms with Crippen LogP contribution in [0.5, 0.6) is 11.5 Å². The van der Waals surface area contributed by atoms with Crippen LogP contribution in [0.2, 0.25) is 0 Å². The molecule has 4 nitrogen and oxygen atoms in total. The average Bonchev–Trinajstić information content (AvgIpc) is 3.31. The van der Waals surface area contributed by atoms with Crippen LogP contribution in [0.15, 0.2) is 18.2 Å². The molecule has 1 fully saturated rings. The summed E-state index contributed by atoms with van der Waals surface area (Å²) in [6, 6.07) is 6.88. The Morgan fingerprint density at radius 1 is 1.05 bits per heavy atom. The van der Waals surface area contributed by atoms with Crippen molar-refractivity contribution in [3.05, 3.63) is 23.8 Å². The third-order valence-electron chi connectivity index (χ3n) is 3.31. The molecule has 0 amide bonds. The Morgan fingerprint density at radius 2 is 1.90 bits per heavy atom. The van der Waals surface area contributed by atoms with Gasteiger partial charge in [-0.3, -0.25) is 0 Å². The second kappa shape index (κ2) is 8.90. The van der Waals surface area contributed by atoms with Crippen molar-refractivity contribution in [1.82, 2.24) is 5.32 Å². The van der Waals surface area contributed by atoms with Crippen molar-refractivity contribution in [2.45, 2.75) is 45.7 Å². The molecule has 2 rings (SSSR count). The lowest BCUT2D eigenvalue weighted by molar-refractivity contribution is 0.0992. The molecule has 1 aromatic rings. The van der Waals surface area contributed by atoms with Gasteiger partial charge in [-0.25, -0.2) is 0 Å². The van der Waals surface area contributed by atoms with Crippen LogP contribution in [0, 0.1) is 0 Å². The number of nitrogens with one attached hydrogen (secondary N) is 1. The van der Waals surface area contributed by atoms with E-state index in [1.165, 1.54) is 18.4 Å². The lowest BCUT2D eigenvalue weighted by Crippen LogP contribution is -2.15. The highest BCUT2D eigenvalue weighted by Crippen LogP contribution is 2.29. The first-order valence-corrected chi connectivity index (χ1v) is 8.03. The van der Waals surface area contributed by atoms with Gasteiger partial charge in [-0.1, -0.05) is 13.0 Å². The van der Waals surface area contributed by atoms with E-state index >= 15 is 0 Å². The van der Waals surface area contributed by atoms with Crippen LogP contribution in [0.4, 0.5) is 0 Å². The van der Waals surface area contributed by atoms with E-state index in [4.69, 9.17) is 14.2 Å². The lowest BCUT2D eigenvalue weighted by atomic mass is 10.2. The van der Waals surface area contributed by atoms with E-state index in [1.807, 2.05) is 13.0 Å². The molecule has 1 aromatic carbocycles. The quantitative estimate of drug-likeness (QED) is 0.636. The van der Waals surface area contributed by atoms with Crippen molar-refractivity contribution in [1.29, 1.82) is 0 Å². The monoisotopic (exact) mass is 293 g/mol. The van der Waals surface area contributed by atoms with Crippen LogP contribution < -0.4 is 14.8 Å². The van der Waals surface area contributed by atoms with E-state index in [2.05, 4.69) is 24.4 Å². The molecular weight excluding hydrogens is 266 g/mol. The normalized spacial score (nSPS) is 14.2. The number of rotatable bonds is 11. The molecule has 0 bridgehead atoms. The largest absolute Gasteiger partial charge is 0.490 e. The van der Waals surface area contributed by atoms with Crippen molar-refractivity contribution < 1.29 is 14.2 Å². The smallest absolute Gasteiger partial charge is 0.161 e. The van der Waals surface area contributed by atoms with Crippen LogP contribution in [-0.4, -0.2) is 32.5 Å². The molecule has 21 heavy (non-hydrogen) atoms. The second-order valence-electron chi connectivity index (χ2n) is 5.33. The fourth-order valence-corrected chi connectivity index (χ4v) is 2.06. The third kappa shape index (κ3) is 5.94. The van der Waals surface area contributed by atoms with Gasteiger partial charge in [0.2, 0.25) is 0 Å². The van der Waals surface area contributed by atoms with Crippen LogP contribution >= 0.6 is 0 Å². The molecule has 0 aliphatic heterocycles. The summed E-state index contributed by atoms with van der Waals surface area (Å²) in [7, 11) is 0. The van der Waals surface area contributed by atoms with E-state index < -0.39 is 0 Å². The topological polar surface area (TPSA) is 39.7 Å². The summed E-state index contributed by atoms with van der Waals surface area (Å²) in [5.41, 5.74) is 1.24. The van der Waals surface area contributed by atoms with Gasteiger partial charge in [0.1, 0.15) is 6.61 Å². The minimum absolute atomic E-state index is 0.555. The predicted octanol–water partition coefficient (Wildman–Crippen LogP) is 3.14. The molecule has 1 N–H and O–H groups in total. The van der Waals surface area contributed by atoms with Gasteiger partial charge in [-0.05, 0) is 43.9 Å². The summed E-state index contributed by atoms with van der Waals surface area (Å²) in [5.74, 6) is 1.62. The molecule has 1 aliphatic rings. The molecule has 118 valence electrons. The van der Waals surface area contributed by atoms with E-state index in [-0.39, 0.29) is 0 Å². The van der Waals surface area contributed by atoms with Gasteiger partial charge in [-0.15, -0.1) is 0 Å². The first-order valence-electron chi connectivity index (χ1n) is 8.03. The number of ether oxygens (including phenoxy) is 3. The van der Waals surface area contributed by atoms with E-state index in [0.29, 0.717) is 25.9 Å².